The van der Waals surface area contributed by atoms with Crippen molar-refractivity contribution >= 4 is 34.8 Å². The fraction of sp³-hybridized carbons (Fsp3) is 0.300. The number of guanidine groups is 1. The van der Waals surface area contributed by atoms with Gasteiger partial charge in [-0.15, -0.1) is 0 Å². The highest BCUT2D eigenvalue weighted by Gasteiger charge is 2.74. The van der Waals surface area contributed by atoms with Gasteiger partial charge in [-0.05, 0) is 56.2 Å². The Kier molecular flexibility index (Phi) is 3.75. The number of amides is 1. The van der Waals surface area contributed by atoms with Gasteiger partial charge in [0, 0.05) is 29.0 Å². The van der Waals surface area contributed by atoms with Gasteiger partial charge in [0.2, 0.25) is 5.91 Å². The van der Waals surface area contributed by atoms with Crippen molar-refractivity contribution in [2.75, 3.05) is 12.4 Å². The van der Waals surface area contributed by atoms with Crippen LogP contribution in [0.25, 0.3) is 0 Å². The van der Waals surface area contributed by atoms with E-state index in [0.29, 0.717) is 22.7 Å². The first-order chi connectivity index (χ1) is 12.7. The highest BCUT2D eigenvalue weighted by Crippen LogP contribution is 2.68. The fourth-order valence-electron chi connectivity index (χ4n) is 3.88. The van der Waals surface area contributed by atoms with E-state index in [-0.39, 0.29) is 11.9 Å². The summed E-state index contributed by atoms with van der Waals surface area (Å²) in [6, 6.07) is 10.3. The number of carbonyl (C=O) groups is 1. The molecule has 0 aromatic heterocycles. The van der Waals surface area contributed by atoms with Gasteiger partial charge in [-0.3, -0.25) is 9.69 Å². The molecule has 0 saturated heterocycles. The summed E-state index contributed by atoms with van der Waals surface area (Å²) >= 11 is 6.08. The van der Waals surface area contributed by atoms with Crippen LogP contribution < -0.4 is 11.1 Å². The summed E-state index contributed by atoms with van der Waals surface area (Å²) in [5.74, 6) is -0.433. The van der Waals surface area contributed by atoms with Crippen LogP contribution in [0, 0.1) is 18.2 Å². The van der Waals surface area contributed by atoms with Crippen molar-refractivity contribution in [1.29, 1.82) is 0 Å². The number of rotatable bonds is 3. The number of halogens is 2. The molecule has 1 saturated carbocycles. The highest BCUT2D eigenvalue weighted by atomic mass is 35.5. The van der Waals surface area contributed by atoms with E-state index in [9.17, 15) is 9.18 Å². The second-order valence-electron chi connectivity index (χ2n) is 7.48. The summed E-state index contributed by atoms with van der Waals surface area (Å²) in [6.45, 7) is 3.77. The molecule has 1 amide bonds. The van der Waals surface area contributed by atoms with Crippen molar-refractivity contribution in [3.63, 3.8) is 0 Å². The molecule has 27 heavy (non-hydrogen) atoms. The average Bonchev–Trinajstić information content (AvgIpc) is 3.24. The lowest BCUT2D eigenvalue weighted by Gasteiger charge is -2.30. The quantitative estimate of drug-likeness (QED) is 0.839. The number of nitrogens with two attached hydrogens (primary N) is 1. The van der Waals surface area contributed by atoms with Gasteiger partial charge in [0.15, 0.2) is 5.96 Å². The molecule has 0 bridgehead atoms. The van der Waals surface area contributed by atoms with Gasteiger partial charge < -0.3 is 11.1 Å². The summed E-state index contributed by atoms with van der Waals surface area (Å²) in [4.78, 5) is 18.5. The molecule has 1 unspecified atom stereocenters. The first kappa shape index (κ1) is 17.8. The van der Waals surface area contributed by atoms with Gasteiger partial charge in [0.05, 0.1) is 5.41 Å². The number of nitrogens with zero attached hydrogens (tertiary/aromatic N) is 2. The normalized spacial score (nSPS) is 26.5. The van der Waals surface area contributed by atoms with Gasteiger partial charge in [-0.1, -0.05) is 17.7 Å². The Bertz CT molecular complexity index is 1010. The maximum atomic E-state index is 14.7. The predicted molar refractivity (Wildman–Crippen MR) is 105 cm³/mol. The van der Waals surface area contributed by atoms with Crippen molar-refractivity contribution in [3.8, 4) is 0 Å². The van der Waals surface area contributed by atoms with E-state index < -0.39 is 16.8 Å². The van der Waals surface area contributed by atoms with Crippen LogP contribution >= 0.6 is 11.6 Å². The van der Waals surface area contributed by atoms with Gasteiger partial charge in [-0.2, -0.15) is 0 Å². The van der Waals surface area contributed by atoms with Crippen molar-refractivity contribution in [1.82, 2.24) is 4.90 Å². The molecule has 1 aliphatic carbocycles. The molecular weight excluding hydrogens is 367 g/mol. The van der Waals surface area contributed by atoms with Gasteiger partial charge in [0.25, 0.3) is 0 Å². The molecule has 2 aromatic carbocycles. The predicted octanol–water partition coefficient (Wildman–Crippen LogP) is 3.92. The smallest absolute Gasteiger partial charge is 0.237 e. The Morgan fingerprint density at radius 3 is 2.78 bits per heavy atom. The van der Waals surface area contributed by atoms with Crippen LogP contribution in [0.1, 0.15) is 24.5 Å². The number of benzene rings is 2. The van der Waals surface area contributed by atoms with Crippen molar-refractivity contribution in [3.05, 3.63) is 58.4 Å². The second kappa shape index (κ2) is 5.70. The zero-order valence-electron chi connectivity index (χ0n) is 15.3. The van der Waals surface area contributed by atoms with E-state index >= 15 is 0 Å². The lowest BCUT2D eigenvalue weighted by molar-refractivity contribution is -0.132. The Balaban J connectivity index is 1.77. The highest BCUT2D eigenvalue weighted by molar-refractivity contribution is 6.30. The minimum atomic E-state index is -0.953. The van der Waals surface area contributed by atoms with Crippen molar-refractivity contribution in [2.45, 2.75) is 25.8 Å². The largest absolute Gasteiger partial charge is 0.369 e. The minimum Gasteiger partial charge on any atom is -0.369 e. The third-order valence-electron chi connectivity index (χ3n) is 5.71. The molecule has 7 heteroatoms. The van der Waals surface area contributed by atoms with Crippen LogP contribution in [0.4, 0.5) is 15.8 Å². The average molecular weight is 387 g/mol. The van der Waals surface area contributed by atoms with E-state index in [1.54, 1.807) is 19.2 Å². The van der Waals surface area contributed by atoms with E-state index in [1.165, 1.54) is 11.0 Å². The number of carbonyl (C=O) groups excluding carboxylic acids is 1. The van der Waals surface area contributed by atoms with E-state index in [2.05, 4.69) is 10.3 Å². The number of fused-ring (bicyclic) bond motifs is 1. The monoisotopic (exact) mass is 386 g/mol. The second-order valence-corrected chi connectivity index (χ2v) is 7.92. The topological polar surface area (TPSA) is 70.7 Å². The fourth-order valence-corrected chi connectivity index (χ4v) is 4.06. The number of hydrogen-bond donors (Lipinski definition) is 2. The van der Waals surface area contributed by atoms with Crippen LogP contribution in [0.3, 0.4) is 0 Å². The number of nitrogens with one attached hydrogen (secondary N) is 1. The maximum absolute atomic E-state index is 14.7. The lowest BCUT2D eigenvalue weighted by Crippen LogP contribution is -2.48. The van der Waals surface area contributed by atoms with Gasteiger partial charge in [-0.25, -0.2) is 9.38 Å². The van der Waals surface area contributed by atoms with Crippen LogP contribution in [0.5, 0.6) is 0 Å². The van der Waals surface area contributed by atoms with Crippen LogP contribution in [-0.2, 0) is 10.3 Å². The number of hydrogen-bond acceptors (Lipinski definition) is 4. The van der Waals surface area contributed by atoms with Crippen molar-refractivity contribution in [2.24, 2.45) is 16.1 Å². The van der Waals surface area contributed by atoms with Crippen LogP contribution in [0.2, 0.25) is 5.02 Å². The number of aliphatic imine (C=N–C) groups is 1. The van der Waals surface area contributed by atoms with Crippen LogP contribution in [0.15, 0.2) is 41.4 Å². The summed E-state index contributed by atoms with van der Waals surface area (Å²) in [5.41, 5.74) is 7.10. The lowest BCUT2D eigenvalue weighted by atomic mass is 9.92. The van der Waals surface area contributed by atoms with Crippen molar-refractivity contribution < 1.29 is 9.18 Å². The van der Waals surface area contributed by atoms with E-state index in [1.807, 2.05) is 32.0 Å². The minimum absolute atomic E-state index is 0.110. The van der Waals surface area contributed by atoms with Gasteiger partial charge in [0.1, 0.15) is 11.4 Å². The van der Waals surface area contributed by atoms with Gasteiger partial charge >= 0.3 is 0 Å². The maximum Gasteiger partial charge on any atom is 0.237 e. The standard InChI is InChI=1S/C20H20ClFN4O/c1-11-4-5-12(21)8-16(11)24-13-6-7-15(22)14(9-13)20-10-19(20,2)17(27)26(3)18(23)25-20/h4-9,24H,10H2,1-3H3,(H2,23,25)/t19?,20-/m1/s1. The number of aryl methyl sites for hydroxylation is 1. The summed E-state index contributed by atoms with van der Waals surface area (Å²) in [6.07, 6.45) is 0.431. The molecule has 2 aliphatic rings. The molecule has 1 fully saturated rings. The Hall–Kier alpha value is -2.60. The first-order valence-corrected chi connectivity index (χ1v) is 9.02. The molecule has 0 radical (unpaired) electrons. The molecule has 0 spiro atoms. The zero-order chi connectivity index (χ0) is 19.6. The molecule has 140 valence electrons. The Morgan fingerprint density at radius 1 is 1.30 bits per heavy atom. The summed E-state index contributed by atoms with van der Waals surface area (Å²) in [7, 11) is 1.59. The molecular formula is C20H20ClFN4O. The molecule has 2 aromatic rings. The third-order valence-corrected chi connectivity index (χ3v) is 5.95. The first-order valence-electron chi connectivity index (χ1n) is 8.65. The SMILES string of the molecule is Cc1ccc(Cl)cc1Nc1ccc(F)c([C@]23CC2(C)C(=O)N(C)C(N)=N3)c1. The summed E-state index contributed by atoms with van der Waals surface area (Å²) < 4.78 is 14.7. The molecule has 1 heterocycles. The van der Waals surface area contributed by atoms with E-state index in [0.717, 1.165) is 11.3 Å². The summed E-state index contributed by atoms with van der Waals surface area (Å²) in [5, 5.41) is 3.88. The third kappa shape index (κ3) is 2.51. The van der Waals surface area contributed by atoms with Crippen LogP contribution in [-0.4, -0.2) is 23.8 Å². The molecule has 4 rings (SSSR count). The molecule has 3 N–H and O–H groups in total. The number of anilines is 2. The Labute approximate surface area is 162 Å². The zero-order valence-corrected chi connectivity index (χ0v) is 16.1. The molecule has 5 nitrogen and oxygen atoms in total. The van der Waals surface area contributed by atoms with E-state index in [4.69, 9.17) is 17.3 Å². The Morgan fingerprint density at radius 2 is 2.04 bits per heavy atom. The molecule has 2 atom stereocenters. The molecule has 1 aliphatic heterocycles.